The van der Waals surface area contributed by atoms with E-state index in [4.69, 9.17) is 0 Å². The maximum atomic E-state index is 11.0. The summed E-state index contributed by atoms with van der Waals surface area (Å²) >= 11 is 1.33. The van der Waals surface area contributed by atoms with Crippen molar-refractivity contribution in [2.75, 3.05) is 17.7 Å². The third kappa shape index (κ3) is 2.28. The number of anilines is 3. The van der Waals surface area contributed by atoms with Crippen LogP contribution in [0.15, 0.2) is 17.9 Å². The summed E-state index contributed by atoms with van der Waals surface area (Å²) in [6.45, 7) is 0. The summed E-state index contributed by atoms with van der Waals surface area (Å²) in [6.07, 6.45) is 2.84. The summed E-state index contributed by atoms with van der Waals surface area (Å²) < 4.78 is 0. The van der Waals surface area contributed by atoms with Gasteiger partial charge in [0, 0.05) is 18.6 Å². The molecule has 0 aliphatic rings. The summed E-state index contributed by atoms with van der Waals surface area (Å²) in [5.41, 5.74) is -0.204. The lowest BCUT2D eigenvalue weighted by molar-refractivity contribution is -0.383. The molecule has 0 aliphatic heterocycles. The number of aromatic nitrogens is 3. The van der Waals surface area contributed by atoms with Crippen LogP contribution in [-0.4, -0.2) is 26.9 Å². The molecular formula is C8H8N6O2S. The van der Waals surface area contributed by atoms with Crippen molar-refractivity contribution in [1.82, 2.24) is 15.0 Å². The number of nitrogens with one attached hydrogen (secondary N) is 2. The molecule has 0 saturated heterocycles. The average molecular weight is 252 g/mol. The van der Waals surface area contributed by atoms with Crippen LogP contribution >= 0.6 is 11.3 Å². The molecule has 0 aliphatic carbocycles. The first kappa shape index (κ1) is 11.2. The SMILES string of the molecule is CNc1ncnc(Nc2nccs2)c1[N+](=O)[O-]. The van der Waals surface area contributed by atoms with E-state index in [0.717, 1.165) is 0 Å². The normalized spacial score (nSPS) is 9.94. The molecule has 0 atom stereocenters. The summed E-state index contributed by atoms with van der Waals surface area (Å²) in [5, 5.41) is 18.7. The molecule has 0 saturated carbocycles. The van der Waals surface area contributed by atoms with Crippen molar-refractivity contribution in [1.29, 1.82) is 0 Å². The van der Waals surface area contributed by atoms with Gasteiger partial charge in [-0.3, -0.25) is 10.1 Å². The fourth-order valence-corrected chi connectivity index (χ4v) is 1.74. The van der Waals surface area contributed by atoms with Crippen molar-refractivity contribution >= 4 is 33.8 Å². The second-order valence-electron chi connectivity index (χ2n) is 2.89. The van der Waals surface area contributed by atoms with Gasteiger partial charge in [-0.2, -0.15) is 0 Å². The van der Waals surface area contributed by atoms with Crippen LogP contribution in [0.2, 0.25) is 0 Å². The Labute approximate surface area is 99.9 Å². The fraction of sp³-hybridized carbons (Fsp3) is 0.125. The molecule has 0 unspecified atom stereocenters. The first-order valence-electron chi connectivity index (χ1n) is 4.56. The minimum Gasteiger partial charge on any atom is -0.367 e. The van der Waals surface area contributed by atoms with Crippen molar-refractivity contribution < 1.29 is 4.92 Å². The van der Waals surface area contributed by atoms with Gasteiger partial charge in [0.25, 0.3) is 0 Å². The van der Waals surface area contributed by atoms with Crippen molar-refractivity contribution in [3.63, 3.8) is 0 Å². The standard InChI is InChI=1S/C8H8N6O2S/c1-9-6-5(14(15)16)7(12-4-11-6)13-8-10-2-3-17-8/h2-4H,1H3,(H2,9,10,11,12,13). The van der Waals surface area contributed by atoms with Crippen LogP contribution in [0.1, 0.15) is 0 Å². The van der Waals surface area contributed by atoms with Crippen LogP contribution in [-0.2, 0) is 0 Å². The highest BCUT2D eigenvalue weighted by Crippen LogP contribution is 2.30. The van der Waals surface area contributed by atoms with E-state index < -0.39 is 4.92 Å². The summed E-state index contributed by atoms with van der Waals surface area (Å²) in [6, 6.07) is 0. The van der Waals surface area contributed by atoms with Gasteiger partial charge in [0.15, 0.2) is 5.13 Å². The lowest BCUT2D eigenvalue weighted by atomic mass is 10.4. The zero-order valence-electron chi connectivity index (χ0n) is 8.75. The summed E-state index contributed by atoms with van der Waals surface area (Å²) in [7, 11) is 1.56. The number of hydrogen-bond donors (Lipinski definition) is 2. The number of hydrogen-bond acceptors (Lipinski definition) is 8. The van der Waals surface area contributed by atoms with Gasteiger partial charge < -0.3 is 10.6 Å². The monoisotopic (exact) mass is 252 g/mol. The van der Waals surface area contributed by atoms with E-state index in [9.17, 15) is 10.1 Å². The van der Waals surface area contributed by atoms with Crippen molar-refractivity contribution in [3.8, 4) is 0 Å². The lowest BCUT2D eigenvalue weighted by Crippen LogP contribution is -2.05. The first-order valence-corrected chi connectivity index (χ1v) is 5.44. The highest BCUT2D eigenvalue weighted by Gasteiger charge is 2.22. The Morgan fingerprint density at radius 3 is 2.71 bits per heavy atom. The molecular weight excluding hydrogens is 244 g/mol. The maximum absolute atomic E-state index is 11.0. The summed E-state index contributed by atoms with van der Waals surface area (Å²) in [5.74, 6) is 0.272. The Balaban J connectivity index is 2.42. The Kier molecular flexibility index (Phi) is 3.10. The van der Waals surface area contributed by atoms with Gasteiger partial charge in [-0.25, -0.2) is 15.0 Å². The largest absolute Gasteiger partial charge is 0.367 e. The van der Waals surface area contributed by atoms with Gasteiger partial charge in [-0.05, 0) is 0 Å². The Morgan fingerprint density at radius 2 is 2.12 bits per heavy atom. The van der Waals surface area contributed by atoms with Gasteiger partial charge in [0.2, 0.25) is 11.6 Å². The molecule has 17 heavy (non-hydrogen) atoms. The van der Waals surface area contributed by atoms with Crippen LogP contribution < -0.4 is 10.6 Å². The molecule has 2 rings (SSSR count). The van der Waals surface area contributed by atoms with Gasteiger partial charge in [-0.1, -0.05) is 0 Å². The molecule has 0 bridgehead atoms. The van der Waals surface area contributed by atoms with Crippen molar-refractivity contribution in [2.24, 2.45) is 0 Å². The minimum atomic E-state index is -0.540. The Morgan fingerprint density at radius 1 is 1.35 bits per heavy atom. The molecule has 0 amide bonds. The van der Waals surface area contributed by atoms with Gasteiger partial charge in [-0.15, -0.1) is 11.3 Å². The van der Waals surface area contributed by atoms with Crippen molar-refractivity contribution in [3.05, 3.63) is 28.0 Å². The van der Waals surface area contributed by atoms with E-state index in [2.05, 4.69) is 25.6 Å². The van der Waals surface area contributed by atoms with E-state index in [-0.39, 0.29) is 17.3 Å². The van der Waals surface area contributed by atoms with Gasteiger partial charge in [0.1, 0.15) is 6.33 Å². The van der Waals surface area contributed by atoms with E-state index >= 15 is 0 Å². The highest BCUT2D eigenvalue weighted by molar-refractivity contribution is 7.13. The summed E-state index contributed by atoms with van der Waals surface area (Å²) in [4.78, 5) is 22.0. The smallest absolute Gasteiger partial charge is 0.353 e. The van der Waals surface area contributed by atoms with E-state index in [0.29, 0.717) is 5.13 Å². The van der Waals surface area contributed by atoms with Crippen LogP contribution in [0.5, 0.6) is 0 Å². The molecule has 0 radical (unpaired) electrons. The Bertz CT molecular complexity index is 529. The maximum Gasteiger partial charge on any atom is 0.353 e. The third-order valence-electron chi connectivity index (χ3n) is 1.90. The topological polar surface area (TPSA) is 106 Å². The van der Waals surface area contributed by atoms with Gasteiger partial charge >= 0.3 is 5.69 Å². The Hall–Kier alpha value is -2.29. The van der Waals surface area contributed by atoms with E-state index in [1.165, 1.54) is 17.7 Å². The predicted octanol–water partition coefficient (Wildman–Crippen LogP) is 1.63. The molecule has 9 heteroatoms. The predicted molar refractivity (Wildman–Crippen MR) is 63.6 cm³/mol. The molecule has 0 spiro atoms. The quantitative estimate of drug-likeness (QED) is 0.629. The molecule has 88 valence electrons. The molecule has 0 aromatic carbocycles. The first-order chi connectivity index (χ1) is 8.22. The number of nitro groups is 1. The molecule has 8 nitrogen and oxygen atoms in total. The second kappa shape index (κ2) is 4.70. The van der Waals surface area contributed by atoms with E-state index in [1.807, 2.05) is 0 Å². The minimum absolute atomic E-state index is 0.115. The molecule has 2 heterocycles. The van der Waals surface area contributed by atoms with E-state index in [1.54, 1.807) is 18.6 Å². The zero-order valence-corrected chi connectivity index (χ0v) is 9.56. The highest BCUT2D eigenvalue weighted by atomic mass is 32.1. The lowest BCUT2D eigenvalue weighted by Gasteiger charge is -2.05. The van der Waals surface area contributed by atoms with Crippen LogP contribution in [0.25, 0.3) is 0 Å². The number of nitrogens with zero attached hydrogens (tertiary/aromatic N) is 4. The van der Waals surface area contributed by atoms with Crippen molar-refractivity contribution in [2.45, 2.75) is 0 Å². The molecule has 2 aromatic rings. The molecule has 2 N–H and O–H groups in total. The second-order valence-corrected chi connectivity index (χ2v) is 3.78. The van der Waals surface area contributed by atoms with Crippen LogP contribution in [0.4, 0.5) is 22.5 Å². The fourth-order valence-electron chi connectivity index (χ4n) is 1.21. The number of thiazole rings is 1. The molecule has 0 fully saturated rings. The number of rotatable bonds is 4. The van der Waals surface area contributed by atoms with Gasteiger partial charge in [0.05, 0.1) is 4.92 Å². The van der Waals surface area contributed by atoms with Crippen LogP contribution in [0, 0.1) is 10.1 Å². The van der Waals surface area contributed by atoms with Crippen LogP contribution in [0.3, 0.4) is 0 Å². The third-order valence-corrected chi connectivity index (χ3v) is 2.59. The molecule has 2 aromatic heterocycles. The zero-order chi connectivity index (χ0) is 12.3. The average Bonchev–Trinajstić information content (AvgIpc) is 2.81.